The molecule has 2 aromatic rings. The lowest BCUT2D eigenvalue weighted by Crippen LogP contribution is -1.89. The standard InChI is InChI=1S/C9H7IN2O/c1-5(13)7-4-11-9-6(7)2-3-8(10)12-9/h2-4H,1H3,(H,11,12). The maximum Gasteiger partial charge on any atom is 0.162 e. The van der Waals surface area contributed by atoms with E-state index in [9.17, 15) is 4.79 Å². The molecule has 0 aliphatic heterocycles. The average molecular weight is 286 g/mol. The number of aromatic amines is 1. The predicted octanol–water partition coefficient (Wildman–Crippen LogP) is 2.37. The molecule has 0 fully saturated rings. The average Bonchev–Trinajstić information content (AvgIpc) is 2.46. The third kappa shape index (κ3) is 1.46. The zero-order valence-electron chi connectivity index (χ0n) is 6.97. The van der Waals surface area contributed by atoms with Gasteiger partial charge in [-0.25, -0.2) is 4.98 Å². The Morgan fingerprint density at radius 2 is 2.31 bits per heavy atom. The molecule has 0 aliphatic carbocycles. The minimum atomic E-state index is 0.0641. The van der Waals surface area contributed by atoms with Crippen LogP contribution in [-0.2, 0) is 0 Å². The summed E-state index contributed by atoms with van der Waals surface area (Å²) in [5, 5.41) is 0.896. The minimum Gasteiger partial charge on any atom is -0.345 e. The van der Waals surface area contributed by atoms with Gasteiger partial charge in [-0.2, -0.15) is 0 Å². The van der Waals surface area contributed by atoms with Gasteiger partial charge in [0.1, 0.15) is 9.35 Å². The molecule has 0 radical (unpaired) electrons. The molecule has 66 valence electrons. The molecule has 0 spiro atoms. The summed E-state index contributed by atoms with van der Waals surface area (Å²) in [6.45, 7) is 1.56. The molecule has 0 unspecified atom stereocenters. The number of Topliss-reactive ketones (excluding diaryl/α,β-unsaturated/α-hetero) is 1. The van der Waals surface area contributed by atoms with Crippen LogP contribution in [0.15, 0.2) is 18.3 Å². The van der Waals surface area contributed by atoms with Crippen molar-refractivity contribution in [3.05, 3.63) is 27.6 Å². The van der Waals surface area contributed by atoms with Crippen LogP contribution in [0, 0.1) is 3.70 Å². The topological polar surface area (TPSA) is 45.8 Å². The highest BCUT2D eigenvalue weighted by molar-refractivity contribution is 14.1. The van der Waals surface area contributed by atoms with Crippen LogP contribution in [0.4, 0.5) is 0 Å². The van der Waals surface area contributed by atoms with Crippen LogP contribution in [0.25, 0.3) is 11.0 Å². The molecular weight excluding hydrogens is 279 g/mol. The summed E-state index contributed by atoms with van der Waals surface area (Å²) in [6.07, 6.45) is 1.70. The number of nitrogens with zero attached hydrogens (tertiary/aromatic N) is 1. The summed E-state index contributed by atoms with van der Waals surface area (Å²) in [4.78, 5) is 18.4. The number of hydrogen-bond donors (Lipinski definition) is 1. The van der Waals surface area contributed by atoms with Crippen LogP contribution in [-0.4, -0.2) is 15.8 Å². The Hall–Kier alpha value is -0.910. The van der Waals surface area contributed by atoms with Crippen molar-refractivity contribution in [3.8, 4) is 0 Å². The number of aromatic nitrogens is 2. The van der Waals surface area contributed by atoms with Crippen LogP contribution < -0.4 is 0 Å². The Balaban J connectivity index is 2.76. The molecule has 0 saturated carbocycles. The fourth-order valence-corrected chi connectivity index (χ4v) is 1.69. The van der Waals surface area contributed by atoms with Crippen molar-refractivity contribution in [3.63, 3.8) is 0 Å². The fraction of sp³-hybridized carbons (Fsp3) is 0.111. The summed E-state index contributed by atoms with van der Waals surface area (Å²) in [5.74, 6) is 0.0641. The lowest BCUT2D eigenvalue weighted by Gasteiger charge is -1.92. The molecule has 0 saturated heterocycles. The van der Waals surface area contributed by atoms with Gasteiger partial charge in [0.2, 0.25) is 0 Å². The molecule has 1 N–H and O–H groups in total. The van der Waals surface area contributed by atoms with Crippen molar-refractivity contribution in [1.29, 1.82) is 0 Å². The van der Waals surface area contributed by atoms with Crippen LogP contribution in [0.1, 0.15) is 17.3 Å². The minimum absolute atomic E-state index is 0.0641. The normalized spacial score (nSPS) is 10.6. The molecule has 2 aromatic heterocycles. The number of hydrogen-bond acceptors (Lipinski definition) is 2. The van der Waals surface area contributed by atoms with Gasteiger partial charge in [-0.3, -0.25) is 4.79 Å². The maximum absolute atomic E-state index is 11.2. The lowest BCUT2D eigenvalue weighted by molar-refractivity contribution is 0.101. The fourth-order valence-electron chi connectivity index (χ4n) is 1.27. The largest absolute Gasteiger partial charge is 0.345 e. The summed E-state index contributed by atoms with van der Waals surface area (Å²) in [5.41, 5.74) is 1.48. The zero-order valence-corrected chi connectivity index (χ0v) is 9.12. The number of carbonyl (C=O) groups is 1. The second kappa shape index (κ2) is 3.10. The monoisotopic (exact) mass is 286 g/mol. The third-order valence-corrected chi connectivity index (χ3v) is 2.48. The van der Waals surface area contributed by atoms with Crippen LogP contribution in [0.5, 0.6) is 0 Å². The van der Waals surface area contributed by atoms with E-state index in [1.165, 1.54) is 0 Å². The van der Waals surface area contributed by atoms with Crippen molar-refractivity contribution >= 4 is 39.4 Å². The molecule has 0 aliphatic rings. The number of ketones is 1. The summed E-state index contributed by atoms with van der Waals surface area (Å²) in [7, 11) is 0. The van der Waals surface area contributed by atoms with E-state index in [1.807, 2.05) is 12.1 Å². The van der Waals surface area contributed by atoms with E-state index in [2.05, 4.69) is 32.6 Å². The van der Waals surface area contributed by atoms with Gasteiger partial charge in [0.15, 0.2) is 5.78 Å². The SMILES string of the molecule is CC(=O)c1c[nH]c2nc(I)ccc12. The van der Waals surface area contributed by atoms with Crippen molar-refractivity contribution in [2.24, 2.45) is 0 Å². The van der Waals surface area contributed by atoms with Crippen molar-refractivity contribution in [1.82, 2.24) is 9.97 Å². The molecule has 0 aromatic carbocycles. The maximum atomic E-state index is 11.2. The molecule has 2 heterocycles. The molecule has 3 nitrogen and oxygen atoms in total. The van der Waals surface area contributed by atoms with E-state index in [1.54, 1.807) is 13.1 Å². The van der Waals surface area contributed by atoms with E-state index in [-0.39, 0.29) is 5.78 Å². The molecule has 0 amide bonds. The number of fused-ring (bicyclic) bond motifs is 1. The first-order valence-electron chi connectivity index (χ1n) is 3.83. The van der Waals surface area contributed by atoms with E-state index in [0.29, 0.717) is 5.56 Å². The van der Waals surface area contributed by atoms with E-state index >= 15 is 0 Å². The first-order chi connectivity index (χ1) is 6.18. The Labute approximate surface area is 88.7 Å². The second-order valence-electron chi connectivity index (χ2n) is 2.79. The van der Waals surface area contributed by atoms with Crippen molar-refractivity contribution in [2.45, 2.75) is 6.92 Å². The Bertz CT molecular complexity index is 475. The van der Waals surface area contributed by atoms with Gasteiger partial charge >= 0.3 is 0 Å². The number of H-pyrrole nitrogens is 1. The van der Waals surface area contributed by atoms with Gasteiger partial charge in [0.25, 0.3) is 0 Å². The van der Waals surface area contributed by atoms with Gasteiger partial charge in [0, 0.05) is 17.1 Å². The third-order valence-electron chi connectivity index (χ3n) is 1.88. The molecule has 4 heteroatoms. The van der Waals surface area contributed by atoms with Crippen LogP contribution in [0.3, 0.4) is 0 Å². The summed E-state index contributed by atoms with van der Waals surface area (Å²) < 4.78 is 0.919. The molecule has 2 rings (SSSR count). The summed E-state index contributed by atoms with van der Waals surface area (Å²) >= 11 is 2.14. The number of carbonyl (C=O) groups excluding carboxylic acids is 1. The van der Waals surface area contributed by atoms with Gasteiger partial charge in [0.05, 0.1) is 0 Å². The first kappa shape index (κ1) is 8.68. The van der Waals surface area contributed by atoms with Crippen LogP contribution in [0.2, 0.25) is 0 Å². The number of pyridine rings is 1. The highest BCUT2D eigenvalue weighted by Crippen LogP contribution is 2.17. The number of rotatable bonds is 1. The quantitative estimate of drug-likeness (QED) is 0.497. The highest BCUT2D eigenvalue weighted by Gasteiger charge is 2.07. The predicted molar refractivity (Wildman–Crippen MR) is 58.8 cm³/mol. The molecule has 13 heavy (non-hydrogen) atoms. The zero-order chi connectivity index (χ0) is 9.42. The lowest BCUT2D eigenvalue weighted by atomic mass is 10.2. The van der Waals surface area contributed by atoms with E-state index in [4.69, 9.17) is 0 Å². The smallest absolute Gasteiger partial charge is 0.162 e. The van der Waals surface area contributed by atoms with Gasteiger partial charge in [-0.05, 0) is 41.6 Å². The molecular formula is C9H7IN2O. The van der Waals surface area contributed by atoms with Crippen LogP contribution >= 0.6 is 22.6 Å². The number of halogens is 1. The molecule has 0 atom stereocenters. The molecule has 0 bridgehead atoms. The van der Waals surface area contributed by atoms with Gasteiger partial charge in [-0.15, -0.1) is 0 Å². The van der Waals surface area contributed by atoms with Crippen molar-refractivity contribution in [2.75, 3.05) is 0 Å². The Morgan fingerprint density at radius 1 is 1.54 bits per heavy atom. The number of nitrogens with one attached hydrogen (secondary N) is 1. The highest BCUT2D eigenvalue weighted by atomic mass is 127. The van der Waals surface area contributed by atoms with E-state index in [0.717, 1.165) is 14.7 Å². The van der Waals surface area contributed by atoms with E-state index < -0.39 is 0 Å². The Morgan fingerprint density at radius 3 is 3.00 bits per heavy atom. The summed E-state index contributed by atoms with van der Waals surface area (Å²) in [6, 6.07) is 3.81. The Kier molecular flexibility index (Phi) is 2.07. The van der Waals surface area contributed by atoms with Crippen molar-refractivity contribution < 1.29 is 4.79 Å². The van der Waals surface area contributed by atoms with Gasteiger partial charge < -0.3 is 4.98 Å². The first-order valence-corrected chi connectivity index (χ1v) is 4.91. The van der Waals surface area contributed by atoms with Gasteiger partial charge in [-0.1, -0.05) is 0 Å². The second-order valence-corrected chi connectivity index (χ2v) is 3.89.